The summed E-state index contributed by atoms with van der Waals surface area (Å²) in [6.45, 7) is 4.78. The van der Waals surface area contributed by atoms with Crippen LogP contribution in [0.3, 0.4) is 0 Å². The normalized spacial score (nSPS) is 20.6. The van der Waals surface area contributed by atoms with Gasteiger partial charge in [-0.3, -0.25) is 0 Å². The van der Waals surface area contributed by atoms with E-state index in [0.717, 1.165) is 68.8 Å². The van der Waals surface area contributed by atoms with Crippen molar-refractivity contribution in [2.45, 2.75) is 37.5 Å². The van der Waals surface area contributed by atoms with Crippen molar-refractivity contribution in [1.82, 2.24) is 34.9 Å². The van der Waals surface area contributed by atoms with E-state index >= 15 is 0 Å². The lowest BCUT2D eigenvalue weighted by Gasteiger charge is -2.40. The summed E-state index contributed by atoms with van der Waals surface area (Å²) in [5.41, 5.74) is 3.37. The molecule has 0 atom stereocenters. The molecule has 1 saturated heterocycles. The molecule has 33 heavy (non-hydrogen) atoms. The van der Waals surface area contributed by atoms with Crippen molar-refractivity contribution < 1.29 is 4.79 Å². The molecule has 172 valence electrons. The Morgan fingerprint density at radius 3 is 2.61 bits per heavy atom. The van der Waals surface area contributed by atoms with E-state index in [1.54, 1.807) is 6.20 Å². The Labute approximate surface area is 192 Å². The van der Waals surface area contributed by atoms with Crippen molar-refractivity contribution in [3.8, 4) is 0 Å². The fraction of sp³-hybridized carbons (Fsp3) is 0.522. The maximum absolute atomic E-state index is 12.5. The number of fused-ring (bicyclic) bond motifs is 4. The van der Waals surface area contributed by atoms with Gasteiger partial charge >= 0.3 is 6.03 Å². The van der Waals surface area contributed by atoms with Crippen LogP contribution in [0.2, 0.25) is 0 Å². The Morgan fingerprint density at radius 1 is 1.03 bits per heavy atom. The third-order valence-electron chi connectivity index (χ3n) is 7.35. The van der Waals surface area contributed by atoms with Gasteiger partial charge in [0.15, 0.2) is 0 Å². The molecular weight excluding hydrogens is 418 g/mol. The predicted octanol–water partition coefficient (Wildman–Crippen LogP) is 2.49. The van der Waals surface area contributed by atoms with Crippen molar-refractivity contribution in [2.24, 2.45) is 0 Å². The van der Waals surface area contributed by atoms with E-state index in [9.17, 15) is 4.79 Å². The summed E-state index contributed by atoms with van der Waals surface area (Å²) < 4.78 is 1.51. The zero-order valence-electron chi connectivity index (χ0n) is 18.9. The number of piperazine rings is 1. The fourth-order valence-electron chi connectivity index (χ4n) is 5.44. The number of carbonyl (C=O) groups is 1. The van der Waals surface area contributed by atoms with E-state index in [1.165, 1.54) is 11.1 Å². The third kappa shape index (κ3) is 3.58. The van der Waals surface area contributed by atoms with Crippen LogP contribution in [0.5, 0.6) is 0 Å². The van der Waals surface area contributed by atoms with Crippen LogP contribution in [0.4, 0.5) is 22.2 Å². The van der Waals surface area contributed by atoms with E-state index < -0.39 is 0 Å². The quantitative estimate of drug-likeness (QED) is 0.631. The molecule has 3 aliphatic rings. The minimum atomic E-state index is -0.185. The van der Waals surface area contributed by atoms with Crippen LogP contribution in [0.15, 0.2) is 24.5 Å². The summed E-state index contributed by atoms with van der Waals surface area (Å²) in [7, 11) is 2.15. The van der Waals surface area contributed by atoms with E-state index in [1.807, 2.05) is 12.3 Å². The average molecular weight is 448 g/mol. The number of nitrogens with one attached hydrogen (secondary N) is 2. The second kappa shape index (κ2) is 7.95. The molecule has 1 amide bonds. The predicted molar refractivity (Wildman–Crippen MR) is 126 cm³/mol. The summed E-state index contributed by atoms with van der Waals surface area (Å²) in [5, 5.41) is 10.8. The second-order valence-corrected chi connectivity index (χ2v) is 9.50. The summed E-state index contributed by atoms with van der Waals surface area (Å²) in [6.07, 6.45) is 9.21. The summed E-state index contributed by atoms with van der Waals surface area (Å²) in [6, 6.07) is 3.86. The Bertz CT molecular complexity index is 1170. The number of likely N-dealkylation sites (N-methyl/N-ethyl adjacent to an activating group) is 1. The molecule has 5 heterocycles. The Balaban J connectivity index is 1.29. The highest BCUT2D eigenvalue weighted by molar-refractivity contribution is 5.88. The van der Waals surface area contributed by atoms with Crippen LogP contribution in [0.1, 0.15) is 37.8 Å². The van der Waals surface area contributed by atoms with Crippen LogP contribution < -0.4 is 15.5 Å². The first-order valence-electron chi connectivity index (χ1n) is 11.8. The largest absolute Gasteiger partial charge is 0.368 e. The first-order valence-corrected chi connectivity index (χ1v) is 11.8. The second-order valence-electron chi connectivity index (χ2n) is 9.50. The van der Waals surface area contributed by atoms with Gasteiger partial charge in [-0.05, 0) is 32.0 Å². The fourth-order valence-corrected chi connectivity index (χ4v) is 5.44. The highest BCUT2D eigenvalue weighted by Crippen LogP contribution is 2.43. The van der Waals surface area contributed by atoms with E-state index in [2.05, 4.69) is 48.6 Å². The van der Waals surface area contributed by atoms with Gasteiger partial charge in [-0.2, -0.15) is 9.78 Å². The SMILES string of the molecule is CN1CCN(c2ccc(Nc3ncc4nn5c(c4n3)C3(CCCCC3)CNC5=O)nc2)CC1. The Kier molecular flexibility index (Phi) is 4.90. The van der Waals surface area contributed by atoms with Gasteiger partial charge in [0.25, 0.3) is 0 Å². The number of pyridine rings is 1. The van der Waals surface area contributed by atoms with Crippen molar-refractivity contribution in [3.05, 3.63) is 30.2 Å². The molecular formula is C23H29N9O. The standard InChI is InChI=1S/C23H29N9O/c1-30-9-11-31(12-10-30)16-5-6-18(24-13-16)27-21-25-14-17-19(28-21)20-23(7-3-2-4-8-23)15-26-22(33)32(20)29-17/h5-6,13-14H,2-4,7-12,15H2,1H3,(H,26,33)(H,24,27,28). The van der Waals surface area contributed by atoms with Gasteiger partial charge in [0.05, 0.1) is 23.8 Å². The van der Waals surface area contributed by atoms with Gasteiger partial charge in [-0.1, -0.05) is 19.3 Å². The molecule has 10 nitrogen and oxygen atoms in total. The molecule has 3 aromatic heterocycles. The number of anilines is 3. The Hall–Kier alpha value is -3.27. The first kappa shape index (κ1) is 20.3. The minimum Gasteiger partial charge on any atom is -0.368 e. The highest BCUT2D eigenvalue weighted by Gasteiger charge is 2.43. The molecule has 10 heteroatoms. The topological polar surface area (TPSA) is 104 Å². The third-order valence-corrected chi connectivity index (χ3v) is 7.35. The smallest absolute Gasteiger partial charge is 0.342 e. The number of hydrogen-bond donors (Lipinski definition) is 2. The molecule has 0 radical (unpaired) electrons. The van der Waals surface area contributed by atoms with Crippen LogP contribution in [-0.4, -0.2) is 75.4 Å². The van der Waals surface area contributed by atoms with Gasteiger partial charge in [0.1, 0.15) is 16.9 Å². The van der Waals surface area contributed by atoms with Gasteiger partial charge in [-0.15, -0.1) is 0 Å². The average Bonchev–Trinajstić information content (AvgIpc) is 3.24. The molecule has 3 aromatic rings. The van der Waals surface area contributed by atoms with Gasteiger partial charge in [-0.25, -0.2) is 19.7 Å². The van der Waals surface area contributed by atoms with Crippen LogP contribution >= 0.6 is 0 Å². The van der Waals surface area contributed by atoms with Crippen molar-refractivity contribution in [1.29, 1.82) is 0 Å². The number of nitrogens with zero attached hydrogens (tertiary/aromatic N) is 7. The zero-order chi connectivity index (χ0) is 22.4. The summed E-state index contributed by atoms with van der Waals surface area (Å²) in [4.78, 5) is 31.1. The van der Waals surface area contributed by atoms with Crippen LogP contribution in [0, 0.1) is 0 Å². The molecule has 1 saturated carbocycles. The van der Waals surface area contributed by atoms with Gasteiger partial charge in [0.2, 0.25) is 5.95 Å². The molecule has 2 aliphatic heterocycles. The number of amides is 1. The highest BCUT2D eigenvalue weighted by atomic mass is 16.2. The molecule has 0 aromatic carbocycles. The van der Waals surface area contributed by atoms with E-state index in [0.29, 0.717) is 23.8 Å². The molecule has 1 spiro atoms. The van der Waals surface area contributed by atoms with Crippen molar-refractivity contribution >= 4 is 34.5 Å². The number of carbonyl (C=O) groups excluding carboxylic acids is 1. The van der Waals surface area contributed by atoms with Gasteiger partial charge in [0, 0.05) is 38.1 Å². The molecule has 0 bridgehead atoms. The maximum Gasteiger partial charge on any atom is 0.342 e. The zero-order valence-corrected chi connectivity index (χ0v) is 18.9. The van der Waals surface area contributed by atoms with Crippen LogP contribution in [-0.2, 0) is 5.41 Å². The number of rotatable bonds is 3. The van der Waals surface area contributed by atoms with E-state index in [4.69, 9.17) is 4.98 Å². The van der Waals surface area contributed by atoms with Crippen LogP contribution in [0.25, 0.3) is 11.0 Å². The summed E-state index contributed by atoms with van der Waals surface area (Å²) >= 11 is 0. The lowest BCUT2D eigenvalue weighted by atomic mass is 9.70. The minimum absolute atomic E-state index is 0.102. The molecule has 6 rings (SSSR count). The molecule has 2 fully saturated rings. The van der Waals surface area contributed by atoms with Crippen molar-refractivity contribution in [3.63, 3.8) is 0 Å². The van der Waals surface area contributed by atoms with Crippen molar-refractivity contribution in [2.75, 3.05) is 50.0 Å². The first-order chi connectivity index (χ1) is 16.1. The maximum atomic E-state index is 12.5. The molecule has 2 N–H and O–H groups in total. The lowest BCUT2D eigenvalue weighted by Crippen LogP contribution is -2.51. The lowest BCUT2D eigenvalue weighted by molar-refractivity contribution is 0.207. The Morgan fingerprint density at radius 2 is 1.85 bits per heavy atom. The monoisotopic (exact) mass is 447 g/mol. The molecule has 0 unspecified atom stereocenters. The van der Waals surface area contributed by atoms with E-state index in [-0.39, 0.29) is 11.4 Å². The molecule has 1 aliphatic carbocycles. The number of hydrogen-bond acceptors (Lipinski definition) is 8. The number of aromatic nitrogens is 5. The summed E-state index contributed by atoms with van der Waals surface area (Å²) in [5.74, 6) is 1.16. The van der Waals surface area contributed by atoms with Gasteiger partial charge < -0.3 is 20.4 Å².